The Morgan fingerprint density at radius 2 is 1.88 bits per heavy atom. The van der Waals surface area contributed by atoms with Crippen molar-refractivity contribution in [3.63, 3.8) is 0 Å². The van der Waals surface area contributed by atoms with Crippen LogP contribution >= 0.6 is 11.6 Å². The van der Waals surface area contributed by atoms with Crippen molar-refractivity contribution in [1.29, 1.82) is 0 Å². The normalized spacial score (nSPS) is 11.1. The topological polar surface area (TPSA) is 72.9 Å². The Hall–Kier alpha value is -2.25. The van der Waals surface area contributed by atoms with Crippen molar-refractivity contribution in [2.75, 3.05) is 24.6 Å². The monoisotopic (exact) mass is 397 g/mol. The van der Waals surface area contributed by atoms with E-state index in [0.717, 1.165) is 4.31 Å². The molecule has 0 aliphatic heterocycles. The van der Waals surface area contributed by atoms with Crippen molar-refractivity contribution in [2.24, 2.45) is 0 Å². The van der Waals surface area contributed by atoms with Gasteiger partial charge in [0.15, 0.2) is 0 Å². The molecular weight excluding hydrogens is 378 g/mol. The highest BCUT2D eigenvalue weighted by Gasteiger charge is 2.29. The Balaban J connectivity index is 2.54. The third-order valence-electron chi connectivity index (χ3n) is 3.67. The van der Waals surface area contributed by atoms with Crippen LogP contribution in [0.4, 0.5) is 5.69 Å². The van der Waals surface area contributed by atoms with Crippen LogP contribution in [0.25, 0.3) is 0 Å². The van der Waals surface area contributed by atoms with Gasteiger partial charge in [-0.05, 0) is 43.7 Å². The Bertz CT molecular complexity index is 898. The molecule has 0 bridgehead atoms. The van der Waals surface area contributed by atoms with Crippen molar-refractivity contribution in [3.05, 3.63) is 53.1 Å². The highest BCUT2D eigenvalue weighted by atomic mass is 35.5. The molecule has 2 aromatic rings. The largest absolute Gasteiger partial charge is 0.495 e. The first-order valence-electron chi connectivity index (χ1n) is 7.88. The van der Waals surface area contributed by atoms with Crippen LogP contribution in [-0.2, 0) is 19.6 Å². The van der Waals surface area contributed by atoms with Gasteiger partial charge in [0.1, 0.15) is 12.3 Å². The van der Waals surface area contributed by atoms with Gasteiger partial charge in [-0.15, -0.1) is 0 Å². The van der Waals surface area contributed by atoms with Crippen LogP contribution in [0, 0.1) is 6.92 Å². The maximum atomic E-state index is 13.2. The summed E-state index contributed by atoms with van der Waals surface area (Å²) in [6, 6.07) is 11.1. The maximum Gasteiger partial charge on any atom is 0.326 e. The average molecular weight is 398 g/mol. The zero-order valence-corrected chi connectivity index (χ0v) is 16.3. The number of carbonyl (C=O) groups is 1. The second kappa shape index (κ2) is 8.42. The number of aryl methyl sites for hydroxylation is 1. The van der Waals surface area contributed by atoms with Crippen LogP contribution in [0.3, 0.4) is 0 Å². The van der Waals surface area contributed by atoms with Gasteiger partial charge in [0.2, 0.25) is 0 Å². The second-order valence-electron chi connectivity index (χ2n) is 5.40. The van der Waals surface area contributed by atoms with Crippen LogP contribution in [-0.4, -0.2) is 34.6 Å². The molecule has 26 heavy (non-hydrogen) atoms. The van der Waals surface area contributed by atoms with E-state index in [1.807, 2.05) is 0 Å². The minimum atomic E-state index is -4.04. The zero-order chi connectivity index (χ0) is 19.3. The number of para-hydroxylation sites is 1. The smallest absolute Gasteiger partial charge is 0.326 e. The number of hydrogen-bond acceptors (Lipinski definition) is 5. The van der Waals surface area contributed by atoms with E-state index in [-0.39, 0.29) is 16.5 Å². The first kappa shape index (κ1) is 20.1. The van der Waals surface area contributed by atoms with E-state index in [1.165, 1.54) is 25.3 Å². The second-order valence-corrected chi connectivity index (χ2v) is 7.67. The Morgan fingerprint density at radius 1 is 1.19 bits per heavy atom. The predicted octanol–water partition coefficient (Wildman–Crippen LogP) is 3.42. The van der Waals surface area contributed by atoms with Crippen LogP contribution in [0.5, 0.6) is 5.75 Å². The molecule has 8 heteroatoms. The molecule has 0 saturated carbocycles. The van der Waals surface area contributed by atoms with E-state index in [4.69, 9.17) is 21.1 Å². The molecule has 6 nitrogen and oxygen atoms in total. The van der Waals surface area contributed by atoms with Gasteiger partial charge < -0.3 is 9.47 Å². The fourth-order valence-electron chi connectivity index (χ4n) is 2.40. The summed E-state index contributed by atoms with van der Waals surface area (Å²) in [5, 5.41) is 0.162. The Labute approximate surface area is 158 Å². The molecule has 2 rings (SSSR count). The van der Waals surface area contributed by atoms with Crippen molar-refractivity contribution >= 4 is 33.3 Å². The third kappa shape index (κ3) is 4.28. The van der Waals surface area contributed by atoms with E-state index < -0.39 is 22.5 Å². The van der Waals surface area contributed by atoms with Gasteiger partial charge in [0, 0.05) is 0 Å². The van der Waals surface area contributed by atoms with Crippen LogP contribution in [0.1, 0.15) is 12.5 Å². The number of halogens is 1. The minimum Gasteiger partial charge on any atom is -0.495 e. The highest BCUT2D eigenvalue weighted by molar-refractivity contribution is 7.92. The number of rotatable bonds is 7. The molecule has 0 saturated heterocycles. The SMILES string of the molecule is CCOC(=O)CN(c1ccccc1C)S(=O)(=O)c1ccc(OC)c(Cl)c1. The third-order valence-corrected chi connectivity index (χ3v) is 5.72. The number of methoxy groups -OCH3 is 1. The van der Waals surface area contributed by atoms with Gasteiger partial charge in [0.25, 0.3) is 10.0 Å². The summed E-state index contributed by atoms with van der Waals surface area (Å²) in [5.74, 6) is -0.280. The number of anilines is 1. The van der Waals surface area contributed by atoms with Crippen molar-refractivity contribution < 1.29 is 22.7 Å². The molecule has 0 amide bonds. The summed E-state index contributed by atoms with van der Waals surface area (Å²) in [4.78, 5) is 12.0. The van der Waals surface area contributed by atoms with Crippen molar-refractivity contribution in [3.8, 4) is 5.75 Å². The number of esters is 1. The molecule has 0 aromatic heterocycles. The fraction of sp³-hybridized carbons (Fsp3) is 0.278. The standard InChI is InChI=1S/C18H20ClNO5S/c1-4-25-18(21)12-20(16-8-6-5-7-13(16)2)26(22,23)14-9-10-17(24-3)15(19)11-14/h5-11H,4,12H2,1-3H3. The number of benzene rings is 2. The lowest BCUT2D eigenvalue weighted by Gasteiger charge is -2.25. The van der Waals surface area contributed by atoms with Gasteiger partial charge in [-0.2, -0.15) is 0 Å². The molecule has 0 unspecified atom stereocenters. The summed E-state index contributed by atoms with van der Waals surface area (Å²) in [6.45, 7) is 3.15. The molecule has 140 valence electrons. The fourth-order valence-corrected chi connectivity index (χ4v) is 4.22. The van der Waals surface area contributed by atoms with E-state index in [2.05, 4.69) is 0 Å². The van der Waals surface area contributed by atoms with Crippen molar-refractivity contribution in [1.82, 2.24) is 0 Å². The molecular formula is C18H20ClNO5S. The molecule has 0 aliphatic rings. The molecule has 0 aliphatic carbocycles. The molecule has 0 N–H and O–H groups in total. The summed E-state index contributed by atoms with van der Waals surface area (Å²) < 4.78 is 37.4. The number of sulfonamides is 1. The summed E-state index contributed by atoms with van der Waals surface area (Å²) in [6.07, 6.45) is 0. The number of ether oxygens (including phenoxy) is 2. The minimum absolute atomic E-state index is 0.0455. The summed E-state index contributed by atoms with van der Waals surface area (Å²) in [7, 11) is -2.60. The Morgan fingerprint density at radius 3 is 2.46 bits per heavy atom. The summed E-state index contributed by atoms with van der Waals surface area (Å²) in [5.41, 5.74) is 1.10. The number of nitrogens with zero attached hydrogens (tertiary/aromatic N) is 1. The lowest BCUT2D eigenvalue weighted by molar-refractivity contribution is -0.141. The number of carbonyl (C=O) groups excluding carboxylic acids is 1. The van der Waals surface area contributed by atoms with Crippen LogP contribution in [0.2, 0.25) is 5.02 Å². The lowest BCUT2D eigenvalue weighted by atomic mass is 10.2. The molecule has 0 heterocycles. The van der Waals surface area contributed by atoms with E-state index >= 15 is 0 Å². The van der Waals surface area contributed by atoms with Gasteiger partial charge in [-0.25, -0.2) is 8.42 Å². The van der Waals surface area contributed by atoms with E-state index in [0.29, 0.717) is 17.0 Å². The van der Waals surface area contributed by atoms with Crippen LogP contribution < -0.4 is 9.04 Å². The van der Waals surface area contributed by atoms with Crippen LogP contribution in [0.15, 0.2) is 47.4 Å². The van der Waals surface area contributed by atoms with E-state index in [9.17, 15) is 13.2 Å². The summed E-state index contributed by atoms with van der Waals surface area (Å²) >= 11 is 6.07. The van der Waals surface area contributed by atoms with Crippen molar-refractivity contribution in [2.45, 2.75) is 18.7 Å². The molecule has 0 radical (unpaired) electrons. The van der Waals surface area contributed by atoms with Gasteiger partial charge in [-0.3, -0.25) is 9.10 Å². The quantitative estimate of drug-likeness (QED) is 0.669. The lowest BCUT2D eigenvalue weighted by Crippen LogP contribution is -2.37. The first-order valence-corrected chi connectivity index (χ1v) is 9.70. The van der Waals surface area contributed by atoms with Gasteiger partial charge >= 0.3 is 5.97 Å². The van der Waals surface area contributed by atoms with E-state index in [1.54, 1.807) is 38.1 Å². The highest BCUT2D eigenvalue weighted by Crippen LogP contribution is 2.31. The average Bonchev–Trinajstić information content (AvgIpc) is 2.60. The predicted molar refractivity (Wildman–Crippen MR) is 100 cm³/mol. The molecule has 2 aromatic carbocycles. The molecule has 0 fully saturated rings. The maximum absolute atomic E-state index is 13.2. The molecule has 0 spiro atoms. The zero-order valence-electron chi connectivity index (χ0n) is 14.7. The molecule has 0 atom stereocenters. The Kier molecular flexibility index (Phi) is 6.50. The van der Waals surface area contributed by atoms with Gasteiger partial charge in [0.05, 0.1) is 29.3 Å². The number of hydrogen-bond donors (Lipinski definition) is 0. The first-order chi connectivity index (χ1) is 12.3. The van der Waals surface area contributed by atoms with Gasteiger partial charge in [-0.1, -0.05) is 29.8 Å².